The third-order valence-electron chi connectivity index (χ3n) is 3.08. The van der Waals surface area contributed by atoms with Gasteiger partial charge in [0, 0.05) is 17.1 Å². The van der Waals surface area contributed by atoms with Crippen LogP contribution in [0.4, 0.5) is 0 Å². The molecule has 0 amide bonds. The predicted octanol–water partition coefficient (Wildman–Crippen LogP) is 4.35. The van der Waals surface area contributed by atoms with Crippen molar-refractivity contribution in [1.82, 2.24) is 0 Å². The molecule has 0 atom stereocenters. The van der Waals surface area contributed by atoms with Crippen molar-refractivity contribution in [2.45, 2.75) is 34.6 Å². The smallest absolute Gasteiger partial charge is 0 e. The zero-order chi connectivity index (χ0) is 11.4. The van der Waals surface area contributed by atoms with Gasteiger partial charge in [-0.15, -0.1) is 0 Å². The zero-order valence-electron chi connectivity index (χ0n) is 10.7. The van der Waals surface area contributed by atoms with Gasteiger partial charge in [-0.05, 0) is 0 Å². The van der Waals surface area contributed by atoms with Gasteiger partial charge < -0.3 is 28.8 Å². The minimum atomic E-state index is 0. The van der Waals surface area contributed by atoms with Crippen LogP contribution in [0.1, 0.15) is 27.8 Å². The average molecular weight is 256 g/mol. The summed E-state index contributed by atoms with van der Waals surface area (Å²) in [5, 5.41) is 0. The summed E-state index contributed by atoms with van der Waals surface area (Å²) >= 11 is 0. The monoisotopic (exact) mass is 256 g/mol. The van der Waals surface area contributed by atoms with Crippen LogP contribution in [0, 0.1) is 34.6 Å². The van der Waals surface area contributed by atoms with Crippen LogP contribution >= 0.6 is 0 Å². The van der Waals surface area contributed by atoms with E-state index < -0.39 is 0 Å². The molecule has 16 heavy (non-hydrogen) atoms. The number of rotatable bonds is 0. The first-order valence-electron chi connectivity index (χ1n) is 5.40. The fraction of sp³-hybridized carbons (Fsp3) is 0.333. The Balaban J connectivity index is 0.000000267. The van der Waals surface area contributed by atoms with Crippen LogP contribution < -0.4 is 0 Å². The largest absolute Gasteiger partial charge is 0.745 e. The Kier molecular flexibility index (Phi) is 6.40. The fourth-order valence-corrected chi connectivity index (χ4v) is 1.41. The third kappa shape index (κ3) is 4.00. The first kappa shape index (κ1) is 15.2. The van der Waals surface area contributed by atoms with E-state index in [2.05, 4.69) is 65.0 Å². The molecule has 0 saturated heterocycles. The molecule has 0 unspecified atom stereocenters. The SMILES string of the molecule is C[c-]1[cH-][cH-][c-](C)[c-]1C.Cc1ccc[c-]1C.[Fe]. The molecule has 2 aromatic rings. The van der Waals surface area contributed by atoms with Crippen molar-refractivity contribution in [1.29, 1.82) is 0 Å². The Morgan fingerprint density at radius 1 is 1.00 bits per heavy atom. The van der Waals surface area contributed by atoms with Crippen molar-refractivity contribution in [2.75, 3.05) is 0 Å². The summed E-state index contributed by atoms with van der Waals surface area (Å²) < 4.78 is 0. The fourth-order valence-electron chi connectivity index (χ4n) is 1.41. The van der Waals surface area contributed by atoms with Gasteiger partial charge in [0.05, 0.1) is 0 Å². The van der Waals surface area contributed by atoms with Crippen molar-refractivity contribution in [3.8, 4) is 0 Å². The minimum absolute atomic E-state index is 0. The molecular formula is C15H20Fe-6. The number of hydrogen-bond acceptors (Lipinski definition) is 0. The van der Waals surface area contributed by atoms with E-state index in [1.807, 2.05) is 0 Å². The van der Waals surface area contributed by atoms with E-state index in [0.29, 0.717) is 0 Å². The summed E-state index contributed by atoms with van der Waals surface area (Å²) in [7, 11) is 0. The van der Waals surface area contributed by atoms with Gasteiger partial charge in [-0.1, -0.05) is 13.8 Å². The predicted molar refractivity (Wildman–Crippen MR) is 67.8 cm³/mol. The summed E-state index contributed by atoms with van der Waals surface area (Å²) in [5.41, 5.74) is 7.02. The second-order valence-electron chi connectivity index (χ2n) is 4.22. The standard InChI is InChI=1S/C8H11.C7H9.Fe/c1-6-4-5-7(2)8(6)3;1-6-4-3-5-7(6)2;/h4-5H,1-3H3;3-5H,1-2H3;/q-5;-1;. The van der Waals surface area contributed by atoms with Crippen molar-refractivity contribution in [3.63, 3.8) is 0 Å². The molecule has 0 radical (unpaired) electrons. The van der Waals surface area contributed by atoms with Crippen molar-refractivity contribution in [2.24, 2.45) is 0 Å². The maximum absolute atomic E-state index is 2.16. The van der Waals surface area contributed by atoms with Crippen molar-refractivity contribution in [3.05, 3.63) is 58.1 Å². The van der Waals surface area contributed by atoms with E-state index in [9.17, 15) is 0 Å². The van der Waals surface area contributed by atoms with E-state index in [-0.39, 0.29) is 17.1 Å². The molecule has 1 heteroatoms. The molecule has 0 aliphatic carbocycles. The molecule has 0 bridgehead atoms. The summed E-state index contributed by atoms with van der Waals surface area (Å²) in [6, 6.07) is 10.6. The average Bonchev–Trinajstić information content (AvgIpc) is 2.70. The molecule has 0 saturated carbocycles. The Hall–Kier alpha value is -0.781. The molecule has 94 valence electrons. The molecule has 0 aliphatic heterocycles. The molecule has 0 aromatic heterocycles. The van der Waals surface area contributed by atoms with E-state index >= 15 is 0 Å². The molecule has 2 aromatic carbocycles. The van der Waals surface area contributed by atoms with Crippen LogP contribution in [0.5, 0.6) is 0 Å². The van der Waals surface area contributed by atoms with Gasteiger partial charge in [0.1, 0.15) is 0 Å². The minimum Gasteiger partial charge on any atom is -0.745 e. The number of aryl methyl sites for hydroxylation is 4. The second-order valence-corrected chi connectivity index (χ2v) is 4.22. The molecule has 0 nitrogen and oxygen atoms in total. The van der Waals surface area contributed by atoms with Crippen LogP contribution in [0.2, 0.25) is 0 Å². The molecule has 0 heterocycles. The quantitative estimate of drug-likeness (QED) is 0.485. The Morgan fingerprint density at radius 3 is 1.62 bits per heavy atom. The van der Waals surface area contributed by atoms with E-state index in [1.165, 1.54) is 27.8 Å². The Morgan fingerprint density at radius 2 is 1.50 bits per heavy atom. The van der Waals surface area contributed by atoms with E-state index in [0.717, 1.165) is 0 Å². The second kappa shape index (κ2) is 6.73. The van der Waals surface area contributed by atoms with Gasteiger partial charge in [0.15, 0.2) is 0 Å². The summed E-state index contributed by atoms with van der Waals surface area (Å²) in [6.07, 6.45) is 0. The van der Waals surface area contributed by atoms with Crippen LogP contribution in [0.3, 0.4) is 0 Å². The van der Waals surface area contributed by atoms with Crippen LogP contribution in [0.25, 0.3) is 0 Å². The number of hydrogen-bond donors (Lipinski definition) is 0. The third-order valence-corrected chi connectivity index (χ3v) is 3.08. The van der Waals surface area contributed by atoms with Crippen molar-refractivity contribution < 1.29 is 17.1 Å². The van der Waals surface area contributed by atoms with Gasteiger partial charge in [0.2, 0.25) is 0 Å². The molecule has 0 N–H and O–H groups in total. The van der Waals surface area contributed by atoms with Gasteiger partial charge in [0.25, 0.3) is 0 Å². The molecule has 0 spiro atoms. The maximum Gasteiger partial charge on any atom is 0 e. The summed E-state index contributed by atoms with van der Waals surface area (Å²) in [5.74, 6) is 0. The summed E-state index contributed by atoms with van der Waals surface area (Å²) in [4.78, 5) is 0. The van der Waals surface area contributed by atoms with Gasteiger partial charge >= 0.3 is 0 Å². The molecule has 0 aliphatic rings. The van der Waals surface area contributed by atoms with Gasteiger partial charge in [-0.25, -0.2) is 32.9 Å². The first-order valence-corrected chi connectivity index (χ1v) is 5.40. The van der Waals surface area contributed by atoms with Gasteiger partial charge in [-0.3, -0.25) is 0 Å². The molecular weight excluding hydrogens is 236 g/mol. The zero-order valence-corrected chi connectivity index (χ0v) is 11.8. The van der Waals surface area contributed by atoms with Crippen LogP contribution in [0.15, 0.2) is 30.3 Å². The molecule has 2 rings (SSSR count). The van der Waals surface area contributed by atoms with Crippen LogP contribution in [-0.2, 0) is 17.1 Å². The normalized spacial score (nSPS) is 9.06. The maximum atomic E-state index is 2.16. The summed E-state index contributed by atoms with van der Waals surface area (Å²) in [6.45, 7) is 10.7. The first-order chi connectivity index (χ1) is 7.02. The van der Waals surface area contributed by atoms with E-state index in [1.54, 1.807) is 0 Å². The van der Waals surface area contributed by atoms with Crippen LogP contribution in [-0.4, -0.2) is 0 Å². The van der Waals surface area contributed by atoms with Crippen molar-refractivity contribution >= 4 is 0 Å². The van der Waals surface area contributed by atoms with E-state index in [4.69, 9.17) is 0 Å². The topological polar surface area (TPSA) is 0 Å². The van der Waals surface area contributed by atoms with Gasteiger partial charge in [-0.2, -0.15) is 17.2 Å². The molecule has 0 fully saturated rings. The Bertz CT molecular complexity index is 382. The Labute approximate surface area is 110 Å².